The van der Waals surface area contributed by atoms with Crippen molar-refractivity contribution in [2.45, 2.75) is 13.3 Å². The van der Waals surface area contributed by atoms with E-state index < -0.39 is 0 Å². The van der Waals surface area contributed by atoms with E-state index >= 15 is 0 Å². The second-order valence-electron chi connectivity index (χ2n) is 4.50. The van der Waals surface area contributed by atoms with Crippen LogP contribution in [0.25, 0.3) is 0 Å². The Bertz CT molecular complexity index is 610. The van der Waals surface area contributed by atoms with Crippen molar-refractivity contribution in [3.63, 3.8) is 0 Å². The summed E-state index contributed by atoms with van der Waals surface area (Å²) < 4.78 is 24.2. The van der Waals surface area contributed by atoms with Crippen LogP contribution < -0.4 is 9.47 Å². The SMILES string of the molecule is CCOc1cccc(OCC(=O)Cc2ccccc2F)c1. The van der Waals surface area contributed by atoms with Crippen molar-refractivity contribution in [3.05, 3.63) is 59.9 Å². The first-order valence-corrected chi connectivity index (χ1v) is 6.80. The van der Waals surface area contributed by atoms with Gasteiger partial charge in [-0.2, -0.15) is 0 Å². The van der Waals surface area contributed by atoms with E-state index in [-0.39, 0.29) is 24.6 Å². The number of Topliss-reactive ketones (excluding diaryl/α,β-unsaturated/α-hetero) is 1. The van der Waals surface area contributed by atoms with Crippen molar-refractivity contribution >= 4 is 5.78 Å². The maximum absolute atomic E-state index is 13.4. The van der Waals surface area contributed by atoms with E-state index in [1.54, 1.807) is 36.4 Å². The minimum Gasteiger partial charge on any atom is -0.494 e. The van der Waals surface area contributed by atoms with Crippen molar-refractivity contribution in [2.75, 3.05) is 13.2 Å². The Morgan fingerprint density at radius 2 is 1.76 bits per heavy atom. The Hall–Kier alpha value is -2.36. The number of hydrogen-bond donors (Lipinski definition) is 0. The minimum atomic E-state index is -0.371. The van der Waals surface area contributed by atoms with Gasteiger partial charge in [-0.15, -0.1) is 0 Å². The number of hydrogen-bond acceptors (Lipinski definition) is 3. The zero-order valence-corrected chi connectivity index (χ0v) is 11.8. The molecule has 4 heteroatoms. The van der Waals surface area contributed by atoms with Crippen LogP contribution >= 0.6 is 0 Å². The summed E-state index contributed by atoms with van der Waals surface area (Å²) in [6, 6.07) is 13.3. The number of halogens is 1. The van der Waals surface area contributed by atoms with Gasteiger partial charge in [0.2, 0.25) is 0 Å². The molecule has 0 saturated heterocycles. The Balaban J connectivity index is 1.89. The summed E-state index contributed by atoms with van der Waals surface area (Å²) >= 11 is 0. The van der Waals surface area contributed by atoms with E-state index in [0.717, 1.165) is 0 Å². The first kappa shape index (κ1) is 15.0. The van der Waals surface area contributed by atoms with Gasteiger partial charge in [-0.05, 0) is 30.7 Å². The van der Waals surface area contributed by atoms with E-state index in [9.17, 15) is 9.18 Å². The van der Waals surface area contributed by atoms with Crippen LogP contribution in [-0.2, 0) is 11.2 Å². The van der Waals surface area contributed by atoms with Gasteiger partial charge in [0.1, 0.15) is 23.9 Å². The fourth-order valence-corrected chi connectivity index (χ4v) is 1.89. The van der Waals surface area contributed by atoms with E-state index in [0.29, 0.717) is 23.7 Å². The smallest absolute Gasteiger partial charge is 0.174 e. The van der Waals surface area contributed by atoms with E-state index in [1.807, 2.05) is 13.0 Å². The summed E-state index contributed by atoms with van der Waals surface area (Å²) in [7, 11) is 0. The molecule has 21 heavy (non-hydrogen) atoms. The third-order valence-electron chi connectivity index (χ3n) is 2.86. The highest BCUT2D eigenvalue weighted by atomic mass is 19.1. The molecule has 2 rings (SSSR count). The lowest BCUT2D eigenvalue weighted by atomic mass is 10.1. The van der Waals surface area contributed by atoms with Crippen molar-refractivity contribution in [2.24, 2.45) is 0 Å². The highest BCUT2D eigenvalue weighted by molar-refractivity contribution is 5.82. The zero-order chi connectivity index (χ0) is 15.1. The Kier molecular flexibility index (Phi) is 5.32. The van der Waals surface area contributed by atoms with Crippen molar-refractivity contribution in [1.82, 2.24) is 0 Å². The lowest BCUT2D eigenvalue weighted by molar-refractivity contribution is -0.120. The molecular weight excluding hydrogens is 271 g/mol. The summed E-state index contributed by atoms with van der Waals surface area (Å²) in [5.74, 6) is 0.700. The molecule has 0 heterocycles. The molecule has 0 aliphatic carbocycles. The summed E-state index contributed by atoms with van der Waals surface area (Å²) in [6.07, 6.45) is 0.0256. The van der Waals surface area contributed by atoms with Crippen LogP contribution in [0.1, 0.15) is 12.5 Å². The molecule has 0 spiro atoms. The molecule has 0 N–H and O–H groups in total. The molecule has 0 aliphatic heterocycles. The molecule has 0 radical (unpaired) electrons. The summed E-state index contributed by atoms with van der Waals surface area (Å²) in [6.45, 7) is 2.37. The number of benzene rings is 2. The molecule has 0 atom stereocenters. The third-order valence-corrected chi connectivity index (χ3v) is 2.86. The van der Waals surface area contributed by atoms with E-state index in [1.165, 1.54) is 6.07 Å². The van der Waals surface area contributed by atoms with Gasteiger partial charge in [0.05, 0.1) is 6.61 Å². The van der Waals surface area contributed by atoms with Gasteiger partial charge in [0.25, 0.3) is 0 Å². The summed E-state index contributed by atoms with van der Waals surface area (Å²) in [5, 5.41) is 0. The molecule has 0 bridgehead atoms. The van der Waals surface area contributed by atoms with Crippen LogP contribution in [0.15, 0.2) is 48.5 Å². The fraction of sp³-hybridized carbons (Fsp3) is 0.235. The van der Waals surface area contributed by atoms with E-state index in [4.69, 9.17) is 9.47 Å². The van der Waals surface area contributed by atoms with Gasteiger partial charge in [-0.1, -0.05) is 24.3 Å². The highest BCUT2D eigenvalue weighted by Gasteiger charge is 2.09. The second kappa shape index (κ2) is 7.43. The van der Waals surface area contributed by atoms with Crippen LogP contribution in [0.4, 0.5) is 4.39 Å². The first-order valence-electron chi connectivity index (χ1n) is 6.80. The fourth-order valence-electron chi connectivity index (χ4n) is 1.89. The lowest BCUT2D eigenvalue weighted by Crippen LogP contribution is -2.14. The number of rotatable bonds is 7. The number of ether oxygens (including phenoxy) is 2. The van der Waals surface area contributed by atoms with Crippen LogP contribution in [-0.4, -0.2) is 19.0 Å². The molecular formula is C17H17FO3. The van der Waals surface area contributed by atoms with Gasteiger partial charge >= 0.3 is 0 Å². The molecule has 2 aromatic rings. The average molecular weight is 288 g/mol. The first-order chi connectivity index (χ1) is 10.2. The van der Waals surface area contributed by atoms with Gasteiger partial charge in [-0.3, -0.25) is 4.79 Å². The average Bonchev–Trinajstić information content (AvgIpc) is 2.48. The molecule has 0 saturated carbocycles. The molecule has 0 fully saturated rings. The second-order valence-corrected chi connectivity index (χ2v) is 4.50. The monoisotopic (exact) mass is 288 g/mol. The summed E-state index contributed by atoms with van der Waals surface area (Å²) in [5.41, 5.74) is 0.383. The van der Waals surface area contributed by atoms with Crippen LogP contribution in [0.5, 0.6) is 11.5 Å². The third kappa shape index (κ3) is 4.60. The quantitative estimate of drug-likeness (QED) is 0.783. The number of ketones is 1. The van der Waals surface area contributed by atoms with Crippen molar-refractivity contribution in [3.8, 4) is 11.5 Å². The van der Waals surface area contributed by atoms with Crippen molar-refractivity contribution < 1.29 is 18.7 Å². The topological polar surface area (TPSA) is 35.5 Å². The molecule has 0 unspecified atom stereocenters. The molecule has 0 aromatic heterocycles. The molecule has 0 aliphatic rings. The zero-order valence-electron chi connectivity index (χ0n) is 11.8. The largest absolute Gasteiger partial charge is 0.494 e. The number of carbonyl (C=O) groups excluding carboxylic acids is 1. The van der Waals surface area contributed by atoms with Crippen LogP contribution in [0.2, 0.25) is 0 Å². The van der Waals surface area contributed by atoms with Gasteiger partial charge in [0.15, 0.2) is 5.78 Å². The van der Waals surface area contributed by atoms with Crippen molar-refractivity contribution in [1.29, 1.82) is 0 Å². The lowest BCUT2D eigenvalue weighted by Gasteiger charge is -2.08. The Labute approximate surface area is 123 Å². The normalized spacial score (nSPS) is 10.2. The minimum absolute atomic E-state index is 0.0256. The summed E-state index contributed by atoms with van der Waals surface area (Å²) in [4.78, 5) is 11.8. The van der Waals surface area contributed by atoms with E-state index in [2.05, 4.69) is 0 Å². The predicted octanol–water partition coefficient (Wildman–Crippen LogP) is 3.42. The Morgan fingerprint density at radius 1 is 1.05 bits per heavy atom. The number of carbonyl (C=O) groups is 1. The Morgan fingerprint density at radius 3 is 2.48 bits per heavy atom. The predicted molar refractivity (Wildman–Crippen MR) is 78.2 cm³/mol. The molecule has 0 amide bonds. The molecule has 3 nitrogen and oxygen atoms in total. The highest BCUT2D eigenvalue weighted by Crippen LogP contribution is 2.19. The van der Waals surface area contributed by atoms with Gasteiger partial charge < -0.3 is 9.47 Å². The standard InChI is InChI=1S/C17H17FO3/c1-2-20-15-7-5-8-16(11-15)21-12-14(19)10-13-6-3-4-9-17(13)18/h3-9,11H,2,10,12H2,1H3. The van der Waals surface area contributed by atoms with Crippen LogP contribution in [0.3, 0.4) is 0 Å². The van der Waals surface area contributed by atoms with Gasteiger partial charge in [-0.25, -0.2) is 4.39 Å². The maximum atomic E-state index is 13.4. The van der Waals surface area contributed by atoms with Crippen LogP contribution in [0, 0.1) is 5.82 Å². The molecule has 110 valence electrons. The molecule has 2 aromatic carbocycles. The van der Waals surface area contributed by atoms with Gasteiger partial charge in [0, 0.05) is 12.5 Å². The maximum Gasteiger partial charge on any atom is 0.174 e.